The average Bonchev–Trinajstić information content (AvgIpc) is 3.17. The van der Waals surface area contributed by atoms with Crippen molar-refractivity contribution in [1.29, 1.82) is 0 Å². The third kappa shape index (κ3) is 4.89. The predicted octanol–water partition coefficient (Wildman–Crippen LogP) is 4.49. The highest BCUT2D eigenvalue weighted by Crippen LogP contribution is 2.34. The molecule has 2 aromatic carbocycles. The van der Waals surface area contributed by atoms with Crippen LogP contribution in [0.15, 0.2) is 46.0 Å². The number of benzene rings is 2. The van der Waals surface area contributed by atoms with Crippen LogP contribution in [0, 0.1) is 13.8 Å². The van der Waals surface area contributed by atoms with Crippen molar-refractivity contribution in [3.63, 3.8) is 0 Å². The fraction of sp³-hybridized carbons (Fsp3) is 0.286. The van der Waals surface area contributed by atoms with Gasteiger partial charge in [0.25, 0.3) is 11.1 Å². The number of nitrogens with zero attached hydrogens (tertiary/aromatic N) is 2. The second-order valence-electron chi connectivity index (χ2n) is 6.51. The molecule has 0 radical (unpaired) electrons. The van der Waals surface area contributed by atoms with Crippen LogP contribution in [0.5, 0.6) is 11.5 Å². The second-order valence-corrected chi connectivity index (χ2v) is 7.80. The van der Waals surface area contributed by atoms with Crippen molar-refractivity contribution in [3.05, 3.63) is 47.5 Å². The molecule has 1 aromatic heterocycles. The summed E-state index contributed by atoms with van der Waals surface area (Å²) in [7, 11) is 3.14. The Morgan fingerprint density at radius 2 is 1.90 bits per heavy atom. The van der Waals surface area contributed by atoms with Crippen molar-refractivity contribution in [1.82, 2.24) is 10.2 Å². The van der Waals surface area contributed by atoms with Gasteiger partial charge in [-0.25, -0.2) is 0 Å². The number of rotatable bonds is 7. The zero-order valence-corrected chi connectivity index (χ0v) is 17.8. The molecule has 0 fully saturated rings. The summed E-state index contributed by atoms with van der Waals surface area (Å²) in [6, 6.07) is 11.2. The number of carbonyl (C=O) groups excluding carboxylic acids is 1. The van der Waals surface area contributed by atoms with Gasteiger partial charge in [0.15, 0.2) is 0 Å². The van der Waals surface area contributed by atoms with Gasteiger partial charge >= 0.3 is 0 Å². The minimum atomic E-state index is -0.415. The van der Waals surface area contributed by atoms with Gasteiger partial charge in [0.2, 0.25) is 5.91 Å². The number of aryl methyl sites for hydroxylation is 2. The number of nitrogens with one attached hydrogen (secondary N) is 1. The van der Waals surface area contributed by atoms with Gasteiger partial charge in [-0.1, -0.05) is 29.5 Å². The number of aromatic nitrogens is 2. The van der Waals surface area contributed by atoms with E-state index in [0.717, 1.165) is 16.8 Å². The molecular weight excluding hydrogens is 390 g/mol. The third-order valence-electron chi connectivity index (χ3n) is 4.33. The minimum Gasteiger partial charge on any atom is -0.497 e. The molecule has 0 bridgehead atoms. The first-order chi connectivity index (χ1) is 13.9. The van der Waals surface area contributed by atoms with Gasteiger partial charge in [0, 0.05) is 11.8 Å². The lowest BCUT2D eigenvalue weighted by Crippen LogP contribution is -2.22. The van der Waals surface area contributed by atoms with Gasteiger partial charge in [0.1, 0.15) is 11.5 Å². The molecule has 0 spiro atoms. The zero-order chi connectivity index (χ0) is 21.0. The van der Waals surface area contributed by atoms with E-state index in [1.807, 2.05) is 32.0 Å². The summed E-state index contributed by atoms with van der Waals surface area (Å²) in [5.74, 6) is 1.40. The van der Waals surface area contributed by atoms with Crippen molar-refractivity contribution in [2.24, 2.45) is 0 Å². The predicted molar refractivity (Wildman–Crippen MR) is 113 cm³/mol. The number of hydrogen-bond acceptors (Lipinski definition) is 7. The molecular formula is C21H23N3O4S. The Morgan fingerprint density at radius 3 is 2.59 bits per heavy atom. The topological polar surface area (TPSA) is 86.5 Å². The summed E-state index contributed by atoms with van der Waals surface area (Å²) in [6.07, 6.45) is 0. The van der Waals surface area contributed by atoms with Crippen LogP contribution < -0.4 is 14.8 Å². The van der Waals surface area contributed by atoms with E-state index in [1.165, 1.54) is 11.8 Å². The summed E-state index contributed by atoms with van der Waals surface area (Å²) >= 11 is 1.20. The Balaban J connectivity index is 1.70. The van der Waals surface area contributed by atoms with Crippen molar-refractivity contribution < 1.29 is 18.7 Å². The number of carbonyl (C=O) groups is 1. The third-order valence-corrected chi connectivity index (χ3v) is 5.27. The Morgan fingerprint density at radius 1 is 1.10 bits per heavy atom. The van der Waals surface area contributed by atoms with Crippen LogP contribution in [-0.4, -0.2) is 35.6 Å². The van der Waals surface area contributed by atoms with Gasteiger partial charge < -0.3 is 19.2 Å². The second kappa shape index (κ2) is 9.00. The van der Waals surface area contributed by atoms with Crippen LogP contribution in [0.25, 0.3) is 11.5 Å². The normalized spacial score (nSPS) is 11.8. The molecule has 0 aliphatic rings. The van der Waals surface area contributed by atoms with E-state index in [0.29, 0.717) is 28.2 Å². The molecule has 29 heavy (non-hydrogen) atoms. The standard InChI is InChI=1S/C21H23N3O4S/c1-12-6-9-17(13(2)10-12)22-19(25)14(3)29-21-24-23-20(28-21)16-8-7-15(26-4)11-18(16)27-5/h6-11,14H,1-5H3,(H,22,25)/t14-/m0/s1. The lowest BCUT2D eigenvalue weighted by Gasteiger charge is -2.12. The number of hydrogen-bond donors (Lipinski definition) is 1. The molecule has 0 aliphatic heterocycles. The first kappa shape index (κ1) is 20.7. The maximum absolute atomic E-state index is 12.5. The van der Waals surface area contributed by atoms with Gasteiger partial charge in [-0.15, -0.1) is 10.2 Å². The Bertz CT molecular complexity index is 1020. The van der Waals surface area contributed by atoms with E-state index < -0.39 is 5.25 Å². The fourth-order valence-corrected chi connectivity index (χ4v) is 3.42. The fourth-order valence-electron chi connectivity index (χ4n) is 2.73. The summed E-state index contributed by atoms with van der Waals surface area (Å²) in [5.41, 5.74) is 3.61. The van der Waals surface area contributed by atoms with E-state index in [1.54, 1.807) is 39.3 Å². The van der Waals surface area contributed by atoms with Crippen LogP contribution in [-0.2, 0) is 4.79 Å². The highest BCUT2D eigenvalue weighted by Gasteiger charge is 2.20. The van der Waals surface area contributed by atoms with Crippen molar-refractivity contribution in [2.75, 3.05) is 19.5 Å². The van der Waals surface area contributed by atoms with Crippen molar-refractivity contribution in [3.8, 4) is 23.0 Å². The number of methoxy groups -OCH3 is 2. The first-order valence-electron chi connectivity index (χ1n) is 9.02. The van der Waals surface area contributed by atoms with E-state index >= 15 is 0 Å². The number of amides is 1. The molecule has 0 unspecified atom stereocenters. The molecule has 1 amide bonds. The van der Waals surface area contributed by atoms with E-state index in [2.05, 4.69) is 15.5 Å². The highest BCUT2D eigenvalue weighted by atomic mass is 32.2. The van der Waals surface area contributed by atoms with Gasteiger partial charge in [0.05, 0.1) is 25.0 Å². The number of ether oxygens (including phenoxy) is 2. The number of anilines is 1. The van der Waals surface area contributed by atoms with E-state index in [4.69, 9.17) is 13.9 Å². The minimum absolute atomic E-state index is 0.135. The van der Waals surface area contributed by atoms with Gasteiger partial charge in [-0.05, 0) is 44.5 Å². The molecule has 0 saturated carbocycles. The monoisotopic (exact) mass is 413 g/mol. The molecule has 1 atom stereocenters. The van der Waals surface area contributed by atoms with Gasteiger partial charge in [-0.3, -0.25) is 4.79 Å². The summed E-state index contributed by atoms with van der Waals surface area (Å²) in [5, 5.41) is 11.0. The average molecular weight is 413 g/mol. The molecule has 3 aromatic rings. The van der Waals surface area contributed by atoms with E-state index in [-0.39, 0.29) is 5.91 Å². The van der Waals surface area contributed by atoms with Crippen LogP contribution in [0.3, 0.4) is 0 Å². The lowest BCUT2D eigenvalue weighted by atomic mass is 10.1. The zero-order valence-electron chi connectivity index (χ0n) is 17.0. The van der Waals surface area contributed by atoms with Crippen LogP contribution >= 0.6 is 11.8 Å². The summed E-state index contributed by atoms with van der Waals surface area (Å²) in [6.45, 7) is 5.77. The van der Waals surface area contributed by atoms with Crippen LogP contribution in [0.4, 0.5) is 5.69 Å². The maximum Gasteiger partial charge on any atom is 0.277 e. The highest BCUT2D eigenvalue weighted by molar-refractivity contribution is 8.00. The maximum atomic E-state index is 12.5. The molecule has 152 valence electrons. The molecule has 8 heteroatoms. The summed E-state index contributed by atoms with van der Waals surface area (Å²) < 4.78 is 16.3. The molecule has 0 aliphatic carbocycles. The van der Waals surface area contributed by atoms with Crippen LogP contribution in [0.2, 0.25) is 0 Å². The molecule has 7 nitrogen and oxygen atoms in total. The lowest BCUT2D eigenvalue weighted by molar-refractivity contribution is -0.115. The van der Waals surface area contributed by atoms with E-state index in [9.17, 15) is 4.79 Å². The molecule has 0 saturated heterocycles. The Hall–Kier alpha value is -3.00. The largest absolute Gasteiger partial charge is 0.497 e. The van der Waals surface area contributed by atoms with Crippen molar-refractivity contribution in [2.45, 2.75) is 31.2 Å². The Labute approximate surface area is 173 Å². The number of thioether (sulfide) groups is 1. The summed E-state index contributed by atoms with van der Waals surface area (Å²) in [4.78, 5) is 12.5. The molecule has 1 N–H and O–H groups in total. The first-order valence-corrected chi connectivity index (χ1v) is 9.90. The van der Waals surface area contributed by atoms with Crippen LogP contribution in [0.1, 0.15) is 18.1 Å². The van der Waals surface area contributed by atoms with Gasteiger partial charge in [-0.2, -0.15) is 0 Å². The molecule has 1 heterocycles. The molecule has 3 rings (SSSR count). The smallest absolute Gasteiger partial charge is 0.277 e. The Kier molecular flexibility index (Phi) is 6.43. The quantitative estimate of drug-likeness (QED) is 0.571. The SMILES string of the molecule is COc1ccc(-c2nnc(S[C@@H](C)C(=O)Nc3ccc(C)cc3C)o2)c(OC)c1. The van der Waals surface area contributed by atoms with Crippen molar-refractivity contribution >= 4 is 23.4 Å².